The molecule has 4 aromatic rings. The zero-order valence-corrected chi connectivity index (χ0v) is 20.5. The fourth-order valence-corrected chi connectivity index (χ4v) is 5.60. The Kier molecular flexibility index (Phi) is 4.74. The van der Waals surface area contributed by atoms with Gasteiger partial charge in [-0.05, 0) is 36.2 Å². The van der Waals surface area contributed by atoms with E-state index >= 15 is 0 Å². The number of nitrogens with two attached hydrogens (primary N) is 1. The van der Waals surface area contributed by atoms with Crippen molar-refractivity contribution in [1.29, 1.82) is 0 Å². The van der Waals surface area contributed by atoms with Gasteiger partial charge in [0.25, 0.3) is 5.56 Å². The summed E-state index contributed by atoms with van der Waals surface area (Å²) in [5.41, 5.74) is 9.60. The van der Waals surface area contributed by atoms with Crippen molar-refractivity contribution >= 4 is 28.2 Å². The number of benzene rings is 2. The zero-order valence-electron chi connectivity index (χ0n) is 20.5. The number of nitrogens with zero attached hydrogens (tertiary/aromatic N) is 2. The van der Waals surface area contributed by atoms with Crippen molar-refractivity contribution in [2.45, 2.75) is 38.6 Å². The third-order valence-electron chi connectivity index (χ3n) is 7.72. The van der Waals surface area contributed by atoms with Crippen molar-refractivity contribution in [3.8, 4) is 22.9 Å². The topological polar surface area (TPSA) is 138 Å². The summed E-state index contributed by atoms with van der Waals surface area (Å²) in [6.07, 6.45) is 0.0802. The van der Waals surface area contributed by atoms with Crippen LogP contribution in [0.4, 0.5) is 11.4 Å². The van der Waals surface area contributed by atoms with Gasteiger partial charge < -0.3 is 34.9 Å². The van der Waals surface area contributed by atoms with E-state index in [0.29, 0.717) is 40.6 Å². The van der Waals surface area contributed by atoms with Crippen molar-refractivity contribution in [2.75, 3.05) is 17.8 Å². The lowest BCUT2D eigenvalue weighted by molar-refractivity contribution is -0.172. The number of para-hydroxylation sites is 2. The zero-order chi connectivity index (χ0) is 26.2. The molecule has 5 heterocycles. The van der Waals surface area contributed by atoms with Gasteiger partial charge in [0.05, 0.1) is 40.4 Å². The summed E-state index contributed by atoms with van der Waals surface area (Å²) >= 11 is 0. The minimum atomic E-state index is -1.89. The van der Waals surface area contributed by atoms with Gasteiger partial charge in [-0.1, -0.05) is 19.1 Å². The van der Waals surface area contributed by atoms with Gasteiger partial charge >= 0.3 is 5.97 Å². The molecule has 0 unspecified atom stereocenters. The molecule has 2 aromatic heterocycles. The maximum atomic E-state index is 13.6. The van der Waals surface area contributed by atoms with Crippen LogP contribution in [0, 0.1) is 0 Å². The van der Waals surface area contributed by atoms with Crippen LogP contribution in [0.2, 0.25) is 0 Å². The van der Waals surface area contributed by atoms with E-state index in [4.69, 9.17) is 24.9 Å². The minimum absolute atomic E-state index is 0.0802. The summed E-state index contributed by atoms with van der Waals surface area (Å²) in [7, 11) is 0. The SMILES string of the molecule is CC[C@@]1(O)C(=O)OCc2c1cc1n(c2=O)Cc2c-1nc1cc3c(cc1c2CNc1ccccc1N)OCO3. The Bertz CT molecular complexity index is 1750. The molecule has 38 heavy (non-hydrogen) atoms. The minimum Gasteiger partial charge on any atom is -0.458 e. The molecular weight excluding hydrogens is 488 g/mol. The normalized spacial score (nSPS) is 18.6. The first-order valence-corrected chi connectivity index (χ1v) is 12.4. The number of aliphatic hydroxyl groups is 1. The number of esters is 1. The number of aromatic nitrogens is 2. The molecule has 192 valence electrons. The Labute approximate surface area is 216 Å². The van der Waals surface area contributed by atoms with Crippen LogP contribution in [-0.2, 0) is 34.8 Å². The van der Waals surface area contributed by atoms with Gasteiger partial charge in [-0.25, -0.2) is 9.78 Å². The van der Waals surface area contributed by atoms with E-state index in [9.17, 15) is 14.7 Å². The Morgan fingerprint density at radius 1 is 1.11 bits per heavy atom. The number of fused-ring (bicyclic) bond motifs is 6. The Morgan fingerprint density at radius 2 is 1.89 bits per heavy atom. The second-order valence-electron chi connectivity index (χ2n) is 9.68. The van der Waals surface area contributed by atoms with E-state index in [-0.39, 0.29) is 43.1 Å². The number of hydrogen-bond donors (Lipinski definition) is 3. The van der Waals surface area contributed by atoms with Crippen molar-refractivity contribution in [3.63, 3.8) is 0 Å². The Morgan fingerprint density at radius 3 is 2.68 bits per heavy atom. The smallest absolute Gasteiger partial charge is 0.343 e. The van der Waals surface area contributed by atoms with Gasteiger partial charge in [0.1, 0.15) is 6.61 Å². The molecule has 0 bridgehead atoms. The summed E-state index contributed by atoms with van der Waals surface area (Å²) in [5, 5.41) is 15.5. The summed E-state index contributed by atoms with van der Waals surface area (Å²) in [4.78, 5) is 31.1. The van der Waals surface area contributed by atoms with E-state index in [1.807, 2.05) is 36.4 Å². The molecule has 0 amide bonds. The standard InChI is InChI=1S/C28H24N4O6/c1-2-28(35)18-8-22-25-16(11-32(22)26(33)17(18)12-36-27(28)34)15(10-30-20-6-4-3-5-19(20)29)14-7-23-24(38-13-37-23)9-21(14)31-25/h3-9,30,35H,2,10-13,29H2,1H3/t28-/m0/s1. The number of hydrogen-bond acceptors (Lipinski definition) is 9. The predicted molar refractivity (Wildman–Crippen MR) is 139 cm³/mol. The van der Waals surface area contributed by atoms with E-state index in [1.165, 1.54) is 0 Å². The van der Waals surface area contributed by atoms with E-state index in [1.54, 1.807) is 17.6 Å². The number of cyclic esters (lactones) is 1. The molecule has 10 heteroatoms. The van der Waals surface area contributed by atoms with Gasteiger partial charge in [-0.3, -0.25) is 4.79 Å². The van der Waals surface area contributed by atoms with Crippen LogP contribution in [0.25, 0.3) is 22.3 Å². The average molecular weight is 513 g/mol. The highest BCUT2D eigenvalue weighted by atomic mass is 16.7. The van der Waals surface area contributed by atoms with E-state index in [2.05, 4.69) is 5.32 Å². The number of nitrogen functional groups attached to an aromatic ring is 1. The van der Waals surface area contributed by atoms with Crippen LogP contribution in [0.15, 0.2) is 47.3 Å². The second kappa shape index (κ2) is 7.96. The number of carbonyl (C=O) groups excluding carboxylic acids is 1. The van der Waals surface area contributed by atoms with Crippen molar-refractivity contribution < 1.29 is 24.1 Å². The van der Waals surface area contributed by atoms with Crippen molar-refractivity contribution in [1.82, 2.24) is 9.55 Å². The second-order valence-corrected chi connectivity index (χ2v) is 9.68. The molecule has 4 N–H and O–H groups in total. The summed E-state index contributed by atoms with van der Waals surface area (Å²) in [6, 6.07) is 13.0. The predicted octanol–water partition coefficient (Wildman–Crippen LogP) is 3.00. The van der Waals surface area contributed by atoms with Crippen LogP contribution in [0.5, 0.6) is 11.5 Å². The molecule has 2 aromatic carbocycles. The first-order chi connectivity index (χ1) is 18.4. The summed E-state index contributed by atoms with van der Waals surface area (Å²) in [5.74, 6) is 0.478. The molecule has 0 aliphatic carbocycles. The average Bonchev–Trinajstić information content (AvgIpc) is 3.53. The largest absolute Gasteiger partial charge is 0.458 e. The maximum absolute atomic E-state index is 13.6. The number of ether oxygens (including phenoxy) is 3. The number of nitrogens with one attached hydrogen (secondary N) is 1. The molecule has 0 saturated heterocycles. The van der Waals surface area contributed by atoms with Crippen LogP contribution < -0.4 is 26.1 Å². The molecule has 0 fully saturated rings. The quantitative estimate of drug-likeness (QED) is 0.245. The Balaban J connectivity index is 1.45. The van der Waals surface area contributed by atoms with E-state index in [0.717, 1.165) is 22.2 Å². The molecule has 0 spiro atoms. The fourth-order valence-electron chi connectivity index (χ4n) is 5.60. The molecule has 7 rings (SSSR count). The first-order valence-electron chi connectivity index (χ1n) is 12.4. The van der Waals surface area contributed by atoms with Crippen LogP contribution in [0.1, 0.15) is 35.6 Å². The maximum Gasteiger partial charge on any atom is 0.343 e. The van der Waals surface area contributed by atoms with Crippen LogP contribution in [0.3, 0.4) is 0 Å². The monoisotopic (exact) mass is 512 g/mol. The van der Waals surface area contributed by atoms with Gasteiger partial charge in [0.2, 0.25) is 6.79 Å². The molecule has 3 aliphatic rings. The lowest BCUT2D eigenvalue weighted by Crippen LogP contribution is -2.44. The molecule has 3 aliphatic heterocycles. The third kappa shape index (κ3) is 3.07. The number of anilines is 2. The van der Waals surface area contributed by atoms with Gasteiger partial charge in [-0.2, -0.15) is 0 Å². The highest BCUT2D eigenvalue weighted by Crippen LogP contribution is 2.43. The van der Waals surface area contributed by atoms with Crippen LogP contribution >= 0.6 is 0 Å². The van der Waals surface area contributed by atoms with Gasteiger partial charge in [0.15, 0.2) is 17.1 Å². The third-order valence-corrected chi connectivity index (χ3v) is 7.72. The van der Waals surface area contributed by atoms with Gasteiger partial charge in [-0.15, -0.1) is 0 Å². The molecular formula is C28H24N4O6. The number of pyridine rings is 2. The van der Waals surface area contributed by atoms with E-state index < -0.39 is 11.6 Å². The molecule has 0 saturated carbocycles. The first kappa shape index (κ1) is 22.6. The number of carbonyl (C=O) groups is 1. The Hall–Kier alpha value is -4.57. The fraction of sp³-hybridized carbons (Fsp3) is 0.250. The van der Waals surface area contributed by atoms with Gasteiger partial charge in [0, 0.05) is 29.1 Å². The molecule has 0 radical (unpaired) electrons. The molecule has 10 nitrogen and oxygen atoms in total. The summed E-state index contributed by atoms with van der Waals surface area (Å²) < 4.78 is 18.1. The highest BCUT2D eigenvalue weighted by molar-refractivity contribution is 5.91. The molecule has 1 atom stereocenters. The lowest BCUT2D eigenvalue weighted by atomic mass is 9.86. The van der Waals surface area contributed by atoms with Crippen molar-refractivity contribution in [2.24, 2.45) is 0 Å². The van der Waals surface area contributed by atoms with Crippen LogP contribution in [-0.4, -0.2) is 27.4 Å². The highest BCUT2D eigenvalue weighted by Gasteiger charge is 2.45. The number of rotatable bonds is 4. The summed E-state index contributed by atoms with van der Waals surface area (Å²) in [6.45, 7) is 2.34. The van der Waals surface area contributed by atoms with Crippen molar-refractivity contribution in [3.05, 3.63) is 75.1 Å². The lowest BCUT2D eigenvalue weighted by Gasteiger charge is -2.31.